The maximum absolute atomic E-state index is 11.8. The van der Waals surface area contributed by atoms with Crippen LogP contribution in [0.4, 0.5) is 0 Å². The summed E-state index contributed by atoms with van der Waals surface area (Å²) in [6.07, 6.45) is 0.217. The first kappa shape index (κ1) is 9.86. The highest BCUT2D eigenvalue weighted by Gasteiger charge is 2.31. The molecule has 78 valence electrons. The van der Waals surface area contributed by atoms with Gasteiger partial charge in [0.1, 0.15) is 0 Å². The lowest BCUT2D eigenvalue weighted by molar-refractivity contribution is -0.161. The summed E-state index contributed by atoms with van der Waals surface area (Å²) in [4.78, 5) is 28.0. The molecule has 0 aliphatic carbocycles. The Morgan fingerprint density at radius 3 is 2.73 bits per heavy atom. The molecule has 0 saturated heterocycles. The summed E-state index contributed by atoms with van der Waals surface area (Å²) >= 11 is 0. The number of rotatable bonds is 1. The summed E-state index contributed by atoms with van der Waals surface area (Å²) in [5, 5.41) is 0.807. The molecule has 0 radical (unpaired) electrons. The number of nitrogens with zero attached hydrogens (tertiary/aromatic N) is 1. The smallest absolute Gasteiger partial charge is 0.272 e. The number of fused-ring (bicyclic) bond motifs is 1. The van der Waals surface area contributed by atoms with Crippen LogP contribution >= 0.6 is 0 Å². The molecule has 0 unspecified atom stereocenters. The van der Waals surface area contributed by atoms with Crippen LogP contribution in [0.3, 0.4) is 0 Å². The number of hydroxylamine groups is 2. The minimum atomic E-state index is -0.382. The van der Waals surface area contributed by atoms with E-state index >= 15 is 0 Å². The lowest BCUT2D eigenvalue weighted by Gasteiger charge is -2.24. The minimum absolute atomic E-state index is 0.217. The lowest BCUT2D eigenvalue weighted by atomic mass is 9.98. The maximum atomic E-state index is 11.8. The molecular weight excluding hydrogens is 194 g/mol. The first-order valence-electron chi connectivity index (χ1n) is 4.64. The third kappa shape index (κ3) is 1.53. The molecule has 1 aromatic carbocycles. The highest BCUT2D eigenvalue weighted by Crippen LogP contribution is 2.20. The summed E-state index contributed by atoms with van der Waals surface area (Å²) in [5.41, 5.74) is 2.31. The van der Waals surface area contributed by atoms with Gasteiger partial charge in [-0.25, -0.2) is 0 Å². The average molecular weight is 205 g/mol. The molecule has 0 N–H and O–H groups in total. The number of hydrogen-bond acceptors (Lipinski definition) is 3. The van der Waals surface area contributed by atoms with Crippen molar-refractivity contribution in [3.8, 4) is 0 Å². The fourth-order valence-corrected chi connectivity index (χ4v) is 1.69. The van der Waals surface area contributed by atoms with Gasteiger partial charge in [-0.05, 0) is 18.6 Å². The van der Waals surface area contributed by atoms with Crippen molar-refractivity contribution in [2.75, 3.05) is 7.11 Å². The average Bonchev–Trinajstić information content (AvgIpc) is 2.20. The normalized spacial score (nSPS) is 15.5. The fourth-order valence-electron chi connectivity index (χ4n) is 1.69. The van der Waals surface area contributed by atoms with Gasteiger partial charge in [-0.1, -0.05) is 17.7 Å². The second-order valence-corrected chi connectivity index (χ2v) is 3.51. The Labute approximate surface area is 87.4 Å². The number of imide groups is 1. The Morgan fingerprint density at radius 2 is 2.07 bits per heavy atom. The summed E-state index contributed by atoms with van der Waals surface area (Å²) in [6.45, 7) is 1.90. The van der Waals surface area contributed by atoms with Gasteiger partial charge in [-0.3, -0.25) is 14.4 Å². The highest BCUT2D eigenvalue weighted by molar-refractivity contribution is 6.08. The standard InChI is InChI=1S/C11H11NO3/c1-7-3-4-8-6-10(13)12(15-2)11(14)9(8)5-7/h3-5H,6H2,1-2H3. The predicted molar refractivity (Wildman–Crippen MR) is 53.1 cm³/mol. The molecule has 2 amide bonds. The van der Waals surface area contributed by atoms with Crippen molar-refractivity contribution in [3.05, 3.63) is 34.9 Å². The zero-order valence-corrected chi connectivity index (χ0v) is 8.61. The second kappa shape index (κ2) is 3.47. The van der Waals surface area contributed by atoms with E-state index in [2.05, 4.69) is 0 Å². The molecule has 2 rings (SSSR count). The van der Waals surface area contributed by atoms with Gasteiger partial charge in [-0.15, -0.1) is 5.06 Å². The Balaban J connectivity index is 2.51. The Kier molecular flexibility index (Phi) is 2.28. The van der Waals surface area contributed by atoms with Crippen molar-refractivity contribution in [2.24, 2.45) is 0 Å². The molecule has 1 heterocycles. The summed E-state index contributed by atoms with van der Waals surface area (Å²) in [7, 11) is 1.32. The van der Waals surface area contributed by atoms with Crippen LogP contribution in [0.25, 0.3) is 0 Å². The molecule has 4 nitrogen and oxygen atoms in total. The topological polar surface area (TPSA) is 46.6 Å². The fraction of sp³-hybridized carbons (Fsp3) is 0.273. The van der Waals surface area contributed by atoms with Crippen LogP contribution in [-0.2, 0) is 16.1 Å². The van der Waals surface area contributed by atoms with E-state index in [9.17, 15) is 9.59 Å². The van der Waals surface area contributed by atoms with E-state index in [1.807, 2.05) is 19.1 Å². The molecule has 1 aromatic rings. The van der Waals surface area contributed by atoms with Crippen LogP contribution in [0.2, 0.25) is 0 Å². The molecule has 0 bridgehead atoms. The summed E-state index contributed by atoms with van der Waals surface area (Å²) in [6, 6.07) is 5.48. The maximum Gasteiger partial charge on any atom is 0.285 e. The van der Waals surface area contributed by atoms with Crippen molar-refractivity contribution >= 4 is 11.8 Å². The van der Waals surface area contributed by atoms with E-state index in [0.29, 0.717) is 5.56 Å². The van der Waals surface area contributed by atoms with Crippen LogP contribution < -0.4 is 0 Å². The van der Waals surface area contributed by atoms with Crippen LogP contribution in [0.1, 0.15) is 21.5 Å². The number of hydrogen-bond donors (Lipinski definition) is 0. The SMILES string of the molecule is CON1C(=O)Cc2ccc(C)cc2C1=O. The van der Waals surface area contributed by atoms with Crippen LogP contribution in [-0.4, -0.2) is 24.0 Å². The van der Waals surface area contributed by atoms with Crippen LogP contribution in [0.5, 0.6) is 0 Å². The highest BCUT2D eigenvalue weighted by atomic mass is 16.7. The Hall–Kier alpha value is -1.68. The number of amides is 2. The zero-order valence-electron chi connectivity index (χ0n) is 8.61. The molecule has 0 spiro atoms. The predicted octanol–water partition coefficient (Wildman–Crippen LogP) is 1.08. The molecule has 1 aliphatic heterocycles. The van der Waals surface area contributed by atoms with E-state index < -0.39 is 0 Å². The second-order valence-electron chi connectivity index (χ2n) is 3.51. The van der Waals surface area contributed by atoms with Crippen molar-refractivity contribution in [3.63, 3.8) is 0 Å². The zero-order chi connectivity index (χ0) is 11.0. The van der Waals surface area contributed by atoms with E-state index in [-0.39, 0.29) is 18.2 Å². The third-order valence-corrected chi connectivity index (χ3v) is 2.43. The molecule has 0 aromatic heterocycles. The molecular formula is C11H11NO3. The van der Waals surface area contributed by atoms with E-state index in [4.69, 9.17) is 4.84 Å². The Bertz CT molecular complexity index is 439. The molecule has 0 atom stereocenters. The van der Waals surface area contributed by atoms with Gasteiger partial charge in [0.15, 0.2) is 0 Å². The van der Waals surface area contributed by atoms with Gasteiger partial charge in [0.2, 0.25) is 0 Å². The van der Waals surface area contributed by atoms with Gasteiger partial charge in [0.05, 0.1) is 13.5 Å². The number of aryl methyl sites for hydroxylation is 1. The van der Waals surface area contributed by atoms with E-state index in [1.165, 1.54) is 7.11 Å². The van der Waals surface area contributed by atoms with Gasteiger partial charge in [0.25, 0.3) is 11.8 Å². The molecule has 15 heavy (non-hydrogen) atoms. The van der Waals surface area contributed by atoms with E-state index in [1.54, 1.807) is 6.07 Å². The quantitative estimate of drug-likeness (QED) is 0.644. The monoisotopic (exact) mass is 205 g/mol. The molecule has 4 heteroatoms. The van der Waals surface area contributed by atoms with Gasteiger partial charge in [0, 0.05) is 5.56 Å². The third-order valence-electron chi connectivity index (χ3n) is 2.43. The van der Waals surface area contributed by atoms with Gasteiger partial charge >= 0.3 is 0 Å². The van der Waals surface area contributed by atoms with E-state index in [0.717, 1.165) is 16.2 Å². The number of benzene rings is 1. The first-order valence-corrected chi connectivity index (χ1v) is 4.64. The van der Waals surface area contributed by atoms with Crippen molar-refractivity contribution in [1.82, 2.24) is 5.06 Å². The largest absolute Gasteiger partial charge is 0.285 e. The number of carbonyl (C=O) groups is 2. The van der Waals surface area contributed by atoms with Crippen molar-refractivity contribution in [2.45, 2.75) is 13.3 Å². The first-order chi connectivity index (χ1) is 7.13. The summed E-state index contributed by atoms with van der Waals surface area (Å²) < 4.78 is 0. The molecule has 1 aliphatic rings. The van der Waals surface area contributed by atoms with Gasteiger partial charge in [-0.2, -0.15) is 0 Å². The van der Waals surface area contributed by atoms with Crippen LogP contribution in [0, 0.1) is 6.92 Å². The van der Waals surface area contributed by atoms with Crippen molar-refractivity contribution in [1.29, 1.82) is 0 Å². The number of carbonyl (C=O) groups excluding carboxylic acids is 2. The van der Waals surface area contributed by atoms with Crippen molar-refractivity contribution < 1.29 is 14.4 Å². The van der Waals surface area contributed by atoms with Gasteiger partial charge < -0.3 is 0 Å². The molecule has 0 fully saturated rings. The Morgan fingerprint density at radius 1 is 1.33 bits per heavy atom. The minimum Gasteiger partial charge on any atom is -0.272 e. The lowest BCUT2D eigenvalue weighted by Crippen LogP contribution is -2.41. The molecule has 0 saturated carbocycles. The van der Waals surface area contributed by atoms with Crippen LogP contribution in [0.15, 0.2) is 18.2 Å². The summed E-state index contributed by atoms with van der Waals surface area (Å²) in [5.74, 6) is -0.702.